The van der Waals surface area contributed by atoms with Crippen molar-refractivity contribution in [1.29, 1.82) is 0 Å². The first-order valence-corrected chi connectivity index (χ1v) is 6.81. The number of rotatable bonds is 3. The topological polar surface area (TPSA) is 26.0 Å². The summed E-state index contributed by atoms with van der Waals surface area (Å²) < 4.78 is 0. The van der Waals surface area contributed by atoms with E-state index in [4.69, 9.17) is 5.73 Å². The molecule has 0 aliphatic carbocycles. The lowest BCUT2D eigenvalue weighted by atomic mass is 9.79. The van der Waals surface area contributed by atoms with Crippen LogP contribution in [0.15, 0.2) is 35.5 Å². The summed E-state index contributed by atoms with van der Waals surface area (Å²) in [6, 6.07) is 0.0855. The second-order valence-electron chi connectivity index (χ2n) is 7.08. The molecule has 0 spiro atoms. The molecule has 104 valence electrons. The van der Waals surface area contributed by atoms with Crippen LogP contribution in [0.5, 0.6) is 0 Å². The van der Waals surface area contributed by atoms with Crippen molar-refractivity contribution in [2.75, 3.05) is 0 Å². The summed E-state index contributed by atoms with van der Waals surface area (Å²) in [5.74, 6) is 0. The Balaban J connectivity index is 5.65. The predicted octanol–water partition coefficient (Wildman–Crippen LogP) is 4.85. The summed E-state index contributed by atoms with van der Waals surface area (Å²) in [7, 11) is 0. The van der Waals surface area contributed by atoms with E-state index in [0.717, 1.165) is 0 Å². The molecule has 0 saturated carbocycles. The Morgan fingerprint density at radius 3 is 1.67 bits per heavy atom. The molecule has 1 heteroatoms. The van der Waals surface area contributed by atoms with Crippen molar-refractivity contribution < 1.29 is 0 Å². The zero-order valence-corrected chi connectivity index (χ0v) is 13.5. The van der Waals surface area contributed by atoms with Crippen molar-refractivity contribution >= 4 is 0 Å². The molecule has 0 aromatic carbocycles. The van der Waals surface area contributed by atoms with Gasteiger partial charge >= 0.3 is 0 Å². The van der Waals surface area contributed by atoms with Gasteiger partial charge in [-0.2, -0.15) is 0 Å². The predicted molar refractivity (Wildman–Crippen MR) is 83.5 cm³/mol. The Hall–Kier alpha value is -0.820. The standard InChI is InChI=1S/C17H31N/c1-9-10-14(16(3,4)5)12-15(11-13(2)18)17(6,7)8/h9-13H,18H2,1-8H3/b10-9-,14-12+,15-11+. The maximum absolute atomic E-state index is 5.93. The lowest BCUT2D eigenvalue weighted by Gasteiger charge is -2.26. The third kappa shape index (κ3) is 6.20. The second-order valence-corrected chi connectivity index (χ2v) is 7.08. The summed E-state index contributed by atoms with van der Waals surface area (Å²) in [5.41, 5.74) is 8.84. The fourth-order valence-corrected chi connectivity index (χ4v) is 1.66. The molecule has 0 heterocycles. The van der Waals surface area contributed by atoms with E-state index in [1.165, 1.54) is 11.1 Å². The third-order valence-electron chi connectivity index (χ3n) is 2.83. The molecule has 18 heavy (non-hydrogen) atoms. The van der Waals surface area contributed by atoms with Crippen LogP contribution in [0.1, 0.15) is 55.4 Å². The van der Waals surface area contributed by atoms with Gasteiger partial charge in [-0.05, 0) is 35.8 Å². The Kier molecular flexibility index (Phi) is 6.09. The first kappa shape index (κ1) is 17.2. The van der Waals surface area contributed by atoms with Crippen LogP contribution in [-0.4, -0.2) is 6.04 Å². The first-order valence-electron chi connectivity index (χ1n) is 6.81. The van der Waals surface area contributed by atoms with E-state index in [9.17, 15) is 0 Å². The van der Waals surface area contributed by atoms with Crippen LogP contribution >= 0.6 is 0 Å². The average molecular weight is 249 g/mol. The van der Waals surface area contributed by atoms with Crippen LogP contribution < -0.4 is 5.73 Å². The van der Waals surface area contributed by atoms with Crippen molar-refractivity contribution in [3.63, 3.8) is 0 Å². The monoisotopic (exact) mass is 249 g/mol. The van der Waals surface area contributed by atoms with Crippen molar-refractivity contribution in [1.82, 2.24) is 0 Å². The lowest BCUT2D eigenvalue weighted by molar-refractivity contribution is 0.495. The zero-order chi connectivity index (χ0) is 14.6. The molecule has 0 rings (SSSR count). The van der Waals surface area contributed by atoms with E-state index in [-0.39, 0.29) is 16.9 Å². The number of nitrogens with two attached hydrogens (primary N) is 1. The van der Waals surface area contributed by atoms with Crippen LogP contribution in [0.25, 0.3) is 0 Å². The molecule has 1 nitrogen and oxygen atoms in total. The normalized spacial score (nSPS) is 17.4. The molecule has 2 N–H and O–H groups in total. The van der Waals surface area contributed by atoms with Crippen molar-refractivity contribution in [2.24, 2.45) is 16.6 Å². The summed E-state index contributed by atoms with van der Waals surface area (Å²) in [6.07, 6.45) is 8.75. The maximum atomic E-state index is 5.93. The Bertz CT molecular complexity index is 341. The van der Waals surface area contributed by atoms with Crippen molar-refractivity contribution in [2.45, 2.75) is 61.4 Å². The Morgan fingerprint density at radius 1 is 0.944 bits per heavy atom. The van der Waals surface area contributed by atoms with E-state index < -0.39 is 0 Å². The van der Waals surface area contributed by atoms with Gasteiger partial charge in [0.15, 0.2) is 0 Å². The molecule has 0 aromatic rings. The molecule has 1 atom stereocenters. The molecule has 0 radical (unpaired) electrons. The smallest absolute Gasteiger partial charge is 0.0200 e. The van der Waals surface area contributed by atoms with Gasteiger partial charge in [-0.3, -0.25) is 0 Å². The van der Waals surface area contributed by atoms with Gasteiger partial charge in [0.05, 0.1) is 0 Å². The zero-order valence-electron chi connectivity index (χ0n) is 13.5. The Labute approximate surface area is 114 Å². The van der Waals surface area contributed by atoms with E-state index >= 15 is 0 Å². The van der Waals surface area contributed by atoms with Crippen LogP contribution in [0.3, 0.4) is 0 Å². The fraction of sp³-hybridized carbons (Fsp3) is 0.647. The van der Waals surface area contributed by atoms with Gasteiger partial charge in [0.25, 0.3) is 0 Å². The second kappa shape index (κ2) is 6.38. The van der Waals surface area contributed by atoms with Gasteiger partial charge in [0, 0.05) is 6.04 Å². The molecule has 0 aromatic heterocycles. The maximum Gasteiger partial charge on any atom is 0.0200 e. The molecule has 0 aliphatic heterocycles. The van der Waals surface area contributed by atoms with Crippen LogP contribution in [0.4, 0.5) is 0 Å². The van der Waals surface area contributed by atoms with Gasteiger partial charge in [-0.25, -0.2) is 0 Å². The average Bonchev–Trinajstić information content (AvgIpc) is 2.11. The van der Waals surface area contributed by atoms with E-state index in [1.807, 2.05) is 6.92 Å². The van der Waals surface area contributed by atoms with Crippen LogP contribution in [0.2, 0.25) is 0 Å². The van der Waals surface area contributed by atoms with Gasteiger partial charge < -0.3 is 5.73 Å². The summed E-state index contributed by atoms with van der Waals surface area (Å²) >= 11 is 0. The molecular formula is C17H31N. The van der Waals surface area contributed by atoms with Gasteiger partial charge in [0.1, 0.15) is 0 Å². The van der Waals surface area contributed by atoms with Gasteiger partial charge in [-0.15, -0.1) is 0 Å². The van der Waals surface area contributed by atoms with Gasteiger partial charge in [-0.1, -0.05) is 65.8 Å². The van der Waals surface area contributed by atoms with E-state index in [0.29, 0.717) is 0 Å². The van der Waals surface area contributed by atoms with Crippen molar-refractivity contribution in [3.05, 3.63) is 35.5 Å². The summed E-state index contributed by atoms with van der Waals surface area (Å²) in [4.78, 5) is 0. The molecular weight excluding hydrogens is 218 g/mol. The SMILES string of the molecule is C\C=C/C(=C\C(=C/C(C)N)C(C)(C)C)C(C)(C)C. The Morgan fingerprint density at radius 2 is 1.39 bits per heavy atom. The summed E-state index contributed by atoms with van der Waals surface area (Å²) in [6.45, 7) is 17.5. The quantitative estimate of drug-likeness (QED) is 0.711. The highest BCUT2D eigenvalue weighted by Gasteiger charge is 2.20. The third-order valence-corrected chi connectivity index (χ3v) is 2.83. The molecule has 0 saturated heterocycles. The fourth-order valence-electron chi connectivity index (χ4n) is 1.66. The first-order chi connectivity index (χ1) is 7.98. The minimum absolute atomic E-state index is 0.0855. The molecule has 0 amide bonds. The highest BCUT2D eigenvalue weighted by molar-refractivity contribution is 5.36. The van der Waals surface area contributed by atoms with Crippen molar-refractivity contribution in [3.8, 4) is 0 Å². The highest BCUT2D eigenvalue weighted by atomic mass is 14.6. The molecule has 1 unspecified atom stereocenters. The lowest BCUT2D eigenvalue weighted by Crippen LogP contribution is -2.18. The molecule has 0 fully saturated rings. The van der Waals surface area contributed by atoms with E-state index in [2.05, 4.69) is 72.8 Å². The van der Waals surface area contributed by atoms with Gasteiger partial charge in [0.2, 0.25) is 0 Å². The van der Waals surface area contributed by atoms with Crippen LogP contribution in [-0.2, 0) is 0 Å². The molecule has 0 bridgehead atoms. The van der Waals surface area contributed by atoms with E-state index in [1.54, 1.807) is 0 Å². The minimum atomic E-state index is 0.0855. The highest BCUT2D eigenvalue weighted by Crippen LogP contribution is 2.33. The van der Waals surface area contributed by atoms with Crippen LogP contribution in [0, 0.1) is 10.8 Å². The summed E-state index contributed by atoms with van der Waals surface area (Å²) in [5, 5.41) is 0. The number of hydrogen-bond donors (Lipinski definition) is 1. The number of hydrogen-bond acceptors (Lipinski definition) is 1. The largest absolute Gasteiger partial charge is 0.325 e. The minimum Gasteiger partial charge on any atom is -0.325 e. The molecule has 0 aliphatic rings. The number of allylic oxidation sites excluding steroid dienone is 5.